The third-order valence-corrected chi connectivity index (χ3v) is 4.21. The molecule has 1 aliphatic heterocycles. The van der Waals surface area contributed by atoms with Gasteiger partial charge in [-0.3, -0.25) is 14.4 Å². The second-order valence-electron chi connectivity index (χ2n) is 5.95. The first kappa shape index (κ1) is 17.7. The van der Waals surface area contributed by atoms with E-state index in [0.29, 0.717) is 37.7 Å². The molecule has 3 rings (SSSR count). The van der Waals surface area contributed by atoms with Crippen molar-refractivity contribution >= 4 is 17.7 Å². The molecule has 9 heteroatoms. The number of piperazine rings is 1. The number of aromatic nitrogens is 1. The van der Waals surface area contributed by atoms with Gasteiger partial charge in [-0.05, 0) is 12.1 Å². The van der Waals surface area contributed by atoms with Crippen molar-refractivity contribution in [3.63, 3.8) is 0 Å². The van der Waals surface area contributed by atoms with Gasteiger partial charge in [0.2, 0.25) is 17.6 Å². The van der Waals surface area contributed by atoms with E-state index < -0.39 is 5.91 Å². The van der Waals surface area contributed by atoms with Crippen LogP contribution in [-0.4, -0.2) is 65.4 Å². The minimum atomic E-state index is -0.416. The number of carbonyl (C=O) groups excluding carboxylic acids is 3. The fourth-order valence-electron chi connectivity index (χ4n) is 2.72. The smallest absolute Gasteiger partial charge is 0.273 e. The maximum absolute atomic E-state index is 12.2. The van der Waals surface area contributed by atoms with Gasteiger partial charge in [-0.25, -0.2) is 0 Å². The van der Waals surface area contributed by atoms with Crippen LogP contribution in [0.15, 0.2) is 33.4 Å². The average molecular weight is 360 g/mol. The Hall–Kier alpha value is -3.10. The highest BCUT2D eigenvalue weighted by atomic mass is 16.5. The van der Waals surface area contributed by atoms with Crippen molar-refractivity contribution in [1.29, 1.82) is 0 Å². The van der Waals surface area contributed by atoms with Gasteiger partial charge in [-0.2, -0.15) is 0 Å². The molecule has 0 unspecified atom stereocenters. The summed E-state index contributed by atoms with van der Waals surface area (Å²) in [6, 6.07) is 4.89. The summed E-state index contributed by atoms with van der Waals surface area (Å²) in [4.78, 5) is 39.0. The van der Waals surface area contributed by atoms with E-state index in [1.165, 1.54) is 19.3 Å². The number of carbonyl (C=O) groups is 3. The Morgan fingerprint density at radius 1 is 1.15 bits per heavy atom. The van der Waals surface area contributed by atoms with E-state index in [1.54, 1.807) is 21.9 Å². The van der Waals surface area contributed by atoms with Gasteiger partial charge in [-0.1, -0.05) is 5.16 Å². The molecule has 138 valence electrons. The van der Waals surface area contributed by atoms with Crippen LogP contribution in [0.5, 0.6) is 0 Å². The molecule has 3 heterocycles. The Morgan fingerprint density at radius 2 is 1.88 bits per heavy atom. The summed E-state index contributed by atoms with van der Waals surface area (Å²) in [6.07, 6.45) is 1.69. The number of nitrogens with zero attached hydrogens (tertiary/aromatic N) is 3. The SMILES string of the molecule is CC(=O)N1CCN(C(=O)CCNC(=O)c2cc(-c3ccco3)on2)CC1. The zero-order valence-corrected chi connectivity index (χ0v) is 14.4. The highest BCUT2D eigenvalue weighted by molar-refractivity contribution is 5.93. The first-order valence-corrected chi connectivity index (χ1v) is 8.36. The van der Waals surface area contributed by atoms with Gasteiger partial charge < -0.3 is 24.1 Å². The number of hydrogen-bond donors (Lipinski definition) is 1. The van der Waals surface area contributed by atoms with Crippen LogP contribution < -0.4 is 5.32 Å². The largest absolute Gasteiger partial charge is 0.461 e. The standard InChI is InChI=1S/C17H20N4O5/c1-12(22)20-6-8-21(9-7-20)16(23)4-5-18-17(24)13-11-15(26-19-13)14-3-2-10-25-14/h2-3,10-11H,4-9H2,1H3,(H,18,24). The molecule has 1 aliphatic rings. The molecule has 0 bridgehead atoms. The van der Waals surface area contributed by atoms with Crippen LogP contribution in [0.1, 0.15) is 23.8 Å². The molecule has 2 aromatic rings. The highest BCUT2D eigenvalue weighted by Crippen LogP contribution is 2.20. The minimum Gasteiger partial charge on any atom is -0.461 e. The van der Waals surface area contributed by atoms with E-state index in [4.69, 9.17) is 8.94 Å². The minimum absolute atomic E-state index is 0.0193. The monoisotopic (exact) mass is 360 g/mol. The molecule has 0 spiro atoms. The Balaban J connectivity index is 1.42. The van der Waals surface area contributed by atoms with Gasteiger partial charge in [0.25, 0.3) is 5.91 Å². The number of furan rings is 1. The zero-order chi connectivity index (χ0) is 18.5. The Morgan fingerprint density at radius 3 is 2.54 bits per heavy atom. The molecule has 26 heavy (non-hydrogen) atoms. The third-order valence-electron chi connectivity index (χ3n) is 4.21. The molecule has 1 fully saturated rings. The molecule has 1 saturated heterocycles. The molecule has 0 saturated carbocycles. The fourth-order valence-corrected chi connectivity index (χ4v) is 2.72. The van der Waals surface area contributed by atoms with Crippen molar-refractivity contribution in [2.24, 2.45) is 0 Å². The summed E-state index contributed by atoms with van der Waals surface area (Å²) >= 11 is 0. The summed E-state index contributed by atoms with van der Waals surface area (Å²) in [5, 5.41) is 6.36. The van der Waals surface area contributed by atoms with Crippen LogP contribution in [-0.2, 0) is 9.59 Å². The van der Waals surface area contributed by atoms with Gasteiger partial charge in [0.15, 0.2) is 11.5 Å². The first-order valence-electron chi connectivity index (χ1n) is 8.36. The van der Waals surface area contributed by atoms with Crippen molar-refractivity contribution in [2.75, 3.05) is 32.7 Å². The predicted molar refractivity (Wildman–Crippen MR) is 90.0 cm³/mol. The lowest BCUT2D eigenvalue weighted by Crippen LogP contribution is -2.50. The van der Waals surface area contributed by atoms with E-state index in [-0.39, 0.29) is 30.5 Å². The van der Waals surface area contributed by atoms with Crippen LogP contribution >= 0.6 is 0 Å². The highest BCUT2D eigenvalue weighted by Gasteiger charge is 2.22. The van der Waals surface area contributed by atoms with Crippen molar-refractivity contribution in [3.8, 4) is 11.5 Å². The second-order valence-corrected chi connectivity index (χ2v) is 5.95. The van der Waals surface area contributed by atoms with Gasteiger partial charge in [0.05, 0.1) is 6.26 Å². The number of rotatable bonds is 5. The maximum atomic E-state index is 12.2. The van der Waals surface area contributed by atoms with Crippen LogP contribution in [0.3, 0.4) is 0 Å². The van der Waals surface area contributed by atoms with Gasteiger partial charge in [-0.15, -0.1) is 0 Å². The Bertz CT molecular complexity index is 775. The zero-order valence-electron chi connectivity index (χ0n) is 14.4. The van der Waals surface area contributed by atoms with E-state index in [9.17, 15) is 14.4 Å². The van der Waals surface area contributed by atoms with Crippen molar-refractivity contribution in [2.45, 2.75) is 13.3 Å². The predicted octanol–water partition coefficient (Wildman–Crippen LogP) is 0.745. The molecular weight excluding hydrogens is 340 g/mol. The summed E-state index contributed by atoms with van der Waals surface area (Å²) in [5.41, 5.74) is 0.124. The summed E-state index contributed by atoms with van der Waals surface area (Å²) in [6.45, 7) is 3.84. The Kier molecular flexibility index (Phi) is 5.35. The molecule has 1 N–H and O–H groups in total. The molecule has 9 nitrogen and oxygen atoms in total. The quantitative estimate of drug-likeness (QED) is 0.843. The molecule has 0 aliphatic carbocycles. The lowest BCUT2D eigenvalue weighted by molar-refractivity contribution is -0.138. The molecule has 0 aromatic carbocycles. The Labute approximate surface area is 149 Å². The van der Waals surface area contributed by atoms with Crippen molar-refractivity contribution in [1.82, 2.24) is 20.3 Å². The van der Waals surface area contributed by atoms with E-state index in [2.05, 4.69) is 10.5 Å². The molecule has 0 radical (unpaired) electrons. The fraction of sp³-hybridized carbons (Fsp3) is 0.412. The second kappa shape index (κ2) is 7.85. The van der Waals surface area contributed by atoms with E-state index >= 15 is 0 Å². The van der Waals surface area contributed by atoms with Gasteiger partial charge in [0, 0.05) is 52.1 Å². The number of hydrogen-bond acceptors (Lipinski definition) is 6. The lowest BCUT2D eigenvalue weighted by Gasteiger charge is -2.34. The molecular formula is C17H20N4O5. The van der Waals surface area contributed by atoms with Gasteiger partial charge in [0.1, 0.15) is 0 Å². The summed E-state index contributed by atoms with van der Waals surface area (Å²) in [7, 11) is 0. The van der Waals surface area contributed by atoms with Crippen LogP contribution in [0.2, 0.25) is 0 Å². The average Bonchev–Trinajstić information content (AvgIpc) is 3.33. The number of nitrogens with one attached hydrogen (secondary N) is 1. The maximum Gasteiger partial charge on any atom is 0.273 e. The van der Waals surface area contributed by atoms with Crippen molar-refractivity contribution < 1.29 is 23.3 Å². The summed E-state index contributed by atoms with van der Waals surface area (Å²) < 4.78 is 10.2. The first-order chi connectivity index (χ1) is 12.5. The lowest BCUT2D eigenvalue weighted by atomic mass is 10.2. The topological polar surface area (TPSA) is 109 Å². The molecule has 2 aromatic heterocycles. The van der Waals surface area contributed by atoms with Crippen LogP contribution in [0.4, 0.5) is 0 Å². The third kappa shape index (κ3) is 4.11. The van der Waals surface area contributed by atoms with Crippen LogP contribution in [0.25, 0.3) is 11.5 Å². The summed E-state index contributed by atoms with van der Waals surface area (Å²) in [5.74, 6) is 0.396. The van der Waals surface area contributed by atoms with Gasteiger partial charge >= 0.3 is 0 Å². The molecule has 0 atom stereocenters. The van der Waals surface area contributed by atoms with E-state index in [1.807, 2.05) is 0 Å². The van der Waals surface area contributed by atoms with Crippen LogP contribution in [0, 0.1) is 0 Å². The number of amides is 3. The van der Waals surface area contributed by atoms with E-state index in [0.717, 1.165) is 0 Å². The molecule has 3 amide bonds. The van der Waals surface area contributed by atoms with Crippen molar-refractivity contribution in [3.05, 3.63) is 30.2 Å². The normalized spacial score (nSPS) is 14.3.